The van der Waals surface area contributed by atoms with Gasteiger partial charge in [-0.2, -0.15) is 0 Å². The second-order valence-electron chi connectivity index (χ2n) is 3.52. The van der Waals surface area contributed by atoms with E-state index >= 15 is 0 Å². The van der Waals surface area contributed by atoms with Crippen molar-refractivity contribution in [3.05, 3.63) is 24.5 Å². The van der Waals surface area contributed by atoms with E-state index in [2.05, 4.69) is 34.0 Å². The Morgan fingerprint density at radius 3 is 2.25 bits per heavy atom. The second kappa shape index (κ2) is 3.76. The average Bonchev–Trinajstić information content (AvgIpc) is 2.59. The van der Waals surface area contributed by atoms with Crippen molar-refractivity contribution in [2.45, 2.75) is 25.9 Å². The lowest BCUT2D eigenvalue weighted by molar-refractivity contribution is 0.182. The summed E-state index contributed by atoms with van der Waals surface area (Å²) in [5.74, 6) is 0. The Morgan fingerprint density at radius 1 is 0.917 bits per heavy atom. The van der Waals surface area contributed by atoms with Crippen LogP contribution in [0.2, 0.25) is 0 Å². The van der Waals surface area contributed by atoms with Crippen molar-refractivity contribution in [3.8, 4) is 0 Å². The highest BCUT2D eigenvalue weighted by Gasteiger charge is 2.08. The first-order valence-corrected chi connectivity index (χ1v) is 4.78. The van der Waals surface area contributed by atoms with E-state index in [1.54, 1.807) is 0 Å². The Bertz CT molecular complexity index is 210. The van der Waals surface area contributed by atoms with Gasteiger partial charge in [0, 0.05) is 12.4 Å². The molecule has 0 unspecified atom stereocenters. The Hall–Kier alpha value is -0.760. The van der Waals surface area contributed by atoms with Crippen LogP contribution in [0.4, 0.5) is 0 Å². The molecule has 1 aromatic heterocycles. The van der Waals surface area contributed by atoms with Crippen molar-refractivity contribution >= 4 is 0 Å². The lowest BCUT2D eigenvalue weighted by Crippen LogP contribution is -2.31. The average molecular weight is 164 g/mol. The normalized spacial score (nSPS) is 19.7. The quantitative estimate of drug-likeness (QED) is 0.648. The van der Waals surface area contributed by atoms with Gasteiger partial charge in [-0.05, 0) is 38.1 Å². The number of piperidine rings is 1. The highest BCUT2D eigenvalue weighted by Crippen LogP contribution is 2.09. The van der Waals surface area contributed by atoms with E-state index in [9.17, 15) is 0 Å². The number of aromatic nitrogens is 1. The zero-order valence-corrected chi connectivity index (χ0v) is 7.45. The van der Waals surface area contributed by atoms with Gasteiger partial charge < -0.3 is 4.57 Å². The molecule has 0 atom stereocenters. The molecule has 1 aliphatic heterocycles. The Balaban J connectivity index is 1.86. The summed E-state index contributed by atoms with van der Waals surface area (Å²) in [6.07, 6.45) is 8.44. The summed E-state index contributed by atoms with van der Waals surface area (Å²) in [4.78, 5) is 2.52. The first-order chi connectivity index (χ1) is 5.95. The van der Waals surface area contributed by atoms with Crippen LogP contribution < -0.4 is 0 Å². The van der Waals surface area contributed by atoms with Gasteiger partial charge in [0.05, 0.1) is 6.67 Å². The predicted octanol–water partition coefficient (Wildman–Crippen LogP) is 1.93. The smallest absolute Gasteiger partial charge is 0.0744 e. The fraction of sp³-hybridized carbons (Fsp3) is 0.600. The summed E-state index contributed by atoms with van der Waals surface area (Å²) in [5, 5.41) is 0. The summed E-state index contributed by atoms with van der Waals surface area (Å²) >= 11 is 0. The van der Waals surface area contributed by atoms with Crippen LogP contribution in [-0.2, 0) is 6.67 Å². The highest BCUT2D eigenvalue weighted by atomic mass is 15.2. The molecule has 0 bridgehead atoms. The molecule has 2 heterocycles. The van der Waals surface area contributed by atoms with Crippen molar-refractivity contribution in [2.24, 2.45) is 0 Å². The Morgan fingerprint density at radius 2 is 1.58 bits per heavy atom. The van der Waals surface area contributed by atoms with Gasteiger partial charge in [-0.3, -0.25) is 4.90 Å². The van der Waals surface area contributed by atoms with E-state index in [0.717, 1.165) is 6.67 Å². The van der Waals surface area contributed by atoms with Crippen molar-refractivity contribution in [2.75, 3.05) is 13.1 Å². The van der Waals surface area contributed by atoms with Gasteiger partial charge in [-0.15, -0.1) is 0 Å². The monoisotopic (exact) mass is 164 g/mol. The third-order valence-corrected chi connectivity index (χ3v) is 2.48. The van der Waals surface area contributed by atoms with Gasteiger partial charge in [0.15, 0.2) is 0 Å². The minimum atomic E-state index is 1.08. The van der Waals surface area contributed by atoms with Gasteiger partial charge in [0.1, 0.15) is 0 Å². The van der Waals surface area contributed by atoms with Crippen LogP contribution in [0.15, 0.2) is 24.5 Å². The van der Waals surface area contributed by atoms with Crippen LogP contribution in [0.5, 0.6) is 0 Å². The lowest BCUT2D eigenvalue weighted by atomic mass is 10.1. The lowest BCUT2D eigenvalue weighted by Gasteiger charge is -2.26. The van der Waals surface area contributed by atoms with Crippen LogP contribution in [-0.4, -0.2) is 22.6 Å². The van der Waals surface area contributed by atoms with Gasteiger partial charge >= 0.3 is 0 Å². The molecule has 0 radical (unpaired) electrons. The molecule has 1 aliphatic rings. The number of likely N-dealkylation sites (tertiary alicyclic amines) is 1. The molecule has 0 aliphatic carbocycles. The third-order valence-electron chi connectivity index (χ3n) is 2.48. The topological polar surface area (TPSA) is 8.17 Å². The molecule has 0 spiro atoms. The largest absolute Gasteiger partial charge is 0.341 e. The fourth-order valence-corrected chi connectivity index (χ4v) is 1.80. The molecule has 2 nitrogen and oxygen atoms in total. The maximum atomic E-state index is 2.52. The highest BCUT2D eigenvalue weighted by molar-refractivity contribution is 4.90. The number of nitrogens with zero attached hydrogens (tertiary/aromatic N) is 2. The van der Waals surface area contributed by atoms with Crippen LogP contribution in [0.25, 0.3) is 0 Å². The number of hydrogen-bond acceptors (Lipinski definition) is 1. The molecule has 2 heteroatoms. The van der Waals surface area contributed by atoms with Crippen LogP contribution in [0.3, 0.4) is 0 Å². The van der Waals surface area contributed by atoms with Gasteiger partial charge in [-0.1, -0.05) is 6.42 Å². The van der Waals surface area contributed by atoms with Crippen molar-refractivity contribution in [1.29, 1.82) is 0 Å². The Labute approximate surface area is 73.8 Å². The molecular weight excluding hydrogens is 148 g/mol. The zero-order valence-electron chi connectivity index (χ0n) is 7.45. The van der Waals surface area contributed by atoms with E-state index in [4.69, 9.17) is 0 Å². The summed E-state index contributed by atoms with van der Waals surface area (Å²) in [6.45, 7) is 3.63. The van der Waals surface area contributed by atoms with Crippen molar-refractivity contribution in [3.63, 3.8) is 0 Å². The van der Waals surface area contributed by atoms with Gasteiger partial charge in [-0.25, -0.2) is 0 Å². The van der Waals surface area contributed by atoms with E-state index < -0.39 is 0 Å². The maximum absolute atomic E-state index is 2.52. The first kappa shape index (κ1) is 7.87. The molecule has 2 rings (SSSR count). The van der Waals surface area contributed by atoms with E-state index in [-0.39, 0.29) is 0 Å². The van der Waals surface area contributed by atoms with Gasteiger partial charge in [0.2, 0.25) is 0 Å². The van der Waals surface area contributed by atoms with Crippen LogP contribution in [0.1, 0.15) is 19.3 Å². The molecule has 1 aromatic rings. The molecule has 1 fully saturated rings. The molecule has 12 heavy (non-hydrogen) atoms. The fourth-order valence-electron chi connectivity index (χ4n) is 1.80. The Kier molecular flexibility index (Phi) is 2.47. The minimum Gasteiger partial charge on any atom is -0.341 e. The van der Waals surface area contributed by atoms with Crippen LogP contribution >= 0.6 is 0 Å². The molecular formula is C10H16N2. The molecule has 1 saturated heterocycles. The summed E-state index contributed by atoms with van der Waals surface area (Å²) in [6, 6.07) is 4.17. The summed E-state index contributed by atoms with van der Waals surface area (Å²) in [7, 11) is 0. The third kappa shape index (κ3) is 1.89. The molecule has 0 N–H and O–H groups in total. The van der Waals surface area contributed by atoms with Crippen molar-refractivity contribution in [1.82, 2.24) is 9.47 Å². The summed E-state index contributed by atoms with van der Waals surface area (Å²) in [5.41, 5.74) is 0. The SMILES string of the molecule is c1ccn(CN2CCCCC2)c1. The van der Waals surface area contributed by atoms with Gasteiger partial charge in [0.25, 0.3) is 0 Å². The molecule has 0 aromatic carbocycles. The minimum absolute atomic E-state index is 1.08. The zero-order chi connectivity index (χ0) is 8.23. The standard InChI is InChI=1S/C10H16N2/c1-2-6-11(7-3-1)10-12-8-4-5-9-12/h4-5,8-9H,1-3,6-7,10H2. The first-order valence-electron chi connectivity index (χ1n) is 4.78. The molecule has 66 valence electrons. The maximum Gasteiger partial charge on any atom is 0.0744 e. The van der Waals surface area contributed by atoms with Crippen molar-refractivity contribution < 1.29 is 0 Å². The second-order valence-corrected chi connectivity index (χ2v) is 3.52. The van der Waals surface area contributed by atoms with Crippen LogP contribution in [0, 0.1) is 0 Å². The van der Waals surface area contributed by atoms with E-state index in [1.807, 2.05) is 0 Å². The number of hydrogen-bond donors (Lipinski definition) is 0. The predicted molar refractivity (Wildman–Crippen MR) is 49.9 cm³/mol. The molecule has 0 amide bonds. The van der Waals surface area contributed by atoms with E-state index in [0.29, 0.717) is 0 Å². The summed E-state index contributed by atoms with van der Waals surface area (Å²) < 4.78 is 2.24. The number of rotatable bonds is 2. The molecule has 0 saturated carbocycles. The van der Waals surface area contributed by atoms with E-state index in [1.165, 1.54) is 32.4 Å².